The summed E-state index contributed by atoms with van der Waals surface area (Å²) in [6.45, 7) is -0.571. The lowest BCUT2D eigenvalue weighted by Gasteiger charge is -2.12. The summed E-state index contributed by atoms with van der Waals surface area (Å²) in [5.74, 6) is -1.30. The van der Waals surface area contributed by atoms with Crippen molar-refractivity contribution in [1.29, 1.82) is 5.26 Å². The summed E-state index contributed by atoms with van der Waals surface area (Å²) in [4.78, 5) is 10.6. The van der Waals surface area contributed by atoms with Crippen molar-refractivity contribution in [3.05, 3.63) is 58.4 Å². The second-order valence-corrected chi connectivity index (χ2v) is 5.30. The summed E-state index contributed by atoms with van der Waals surface area (Å²) >= 11 is 6.12. The van der Waals surface area contributed by atoms with Crippen molar-refractivity contribution < 1.29 is 23.8 Å². The Bertz CT molecular complexity index is 874. The van der Waals surface area contributed by atoms with Crippen LogP contribution in [0.25, 0.3) is 11.6 Å². The molecule has 0 heterocycles. The van der Waals surface area contributed by atoms with E-state index in [0.29, 0.717) is 11.1 Å². The van der Waals surface area contributed by atoms with Crippen molar-refractivity contribution in [3.63, 3.8) is 0 Å². The van der Waals surface area contributed by atoms with Crippen molar-refractivity contribution in [3.8, 4) is 17.6 Å². The number of nitriles is 1. The number of aliphatic carboxylic acids is 1. The van der Waals surface area contributed by atoms with Crippen LogP contribution in [0.3, 0.4) is 0 Å². The fraction of sp³-hybridized carbons (Fsp3) is 0.111. The van der Waals surface area contributed by atoms with E-state index in [9.17, 15) is 14.4 Å². The summed E-state index contributed by atoms with van der Waals surface area (Å²) < 4.78 is 23.6. The monoisotopic (exact) mass is 361 g/mol. The fourth-order valence-electron chi connectivity index (χ4n) is 2.10. The summed E-state index contributed by atoms with van der Waals surface area (Å²) in [6, 6.07) is 10.7. The van der Waals surface area contributed by atoms with Crippen LogP contribution in [0, 0.1) is 17.1 Å². The van der Waals surface area contributed by atoms with Gasteiger partial charge in [-0.2, -0.15) is 5.26 Å². The number of rotatable bonds is 6. The molecule has 0 spiro atoms. The van der Waals surface area contributed by atoms with E-state index in [-0.39, 0.29) is 22.1 Å². The minimum Gasteiger partial charge on any atom is -0.493 e. The highest BCUT2D eigenvalue weighted by molar-refractivity contribution is 6.32. The number of carbonyl (C=O) groups is 1. The molecule has 0 aromatic heterocycles. The molecule has 0 radical (unpaired) electrons. The minimum atomic E-state index is -1.15. The smallest absolute Gasteiger partial charge is 0.341 e. The summed E-state index contributed by atoms with van der Waals surface area (Å²) in [7, 11) is 1.38. The van der Waals surface area contributed by atoms with E-state index in [1.54, 1.807) is 12.1 Å². The molecule has 2 rings (SSSR count). The molecular weight excluding hydrogens is 349 g/mol. The zero-order valence-corrected chi connectivity index (χ0v) is 13.9. The van der Waals surface area contributed by atoms with E-state index in [0.717, 1.165) is 0 Å². The average Bonchev–Trinajstić information content (AvgIpc) is 2.58. The number of benzene rings is 2. The van der Waals surface area contributed by atoms with E-state index in [4.69, 9.17) is 26.2 Å². The molecule has 0 unspecified atom stereocenters. The van der Waals surface area contributed by atoms with Gasteiger partial charge >= 0.3 is 5.97 Å². The first-order chi connectivity index (χ1) is 11.9. The number of nitrogens with zero attached hydrogens (tertiary/aromatic N) is 1. The second-order valence-electron chi connectivity index (χ2n) is 4.90. The Hall–Kier alpha value is -3.04. The maximum absolute atomic E-state index is 13.3. The quantitative estimate of drug-likeness (QED) is 0.621. The van der Waals surface area contributed by atoms with Crippen LogP contribution in [-0.4, -0.2) is 24.8 Å². The highest BCUT2D eigenvalue weighted by Gasteiger charge is 2.13. The Labute approximate surface area is 148 Å². The van der Waals surface area contributed by atoms with Gasteiger partial charge in [0.05, 0.1) is 23.8 Å². The van der Waals surface area contributed by atoms with Crippen LogP contribution in [0.5, 0.6) is 11.5 Å². The highest BCUT2D eigenvalue weighted by atomic mass is 35.5. The van der Waals surface area contributed by atoms with Crippen molar-refractivity contribution in [2.45, 2.75) is 0 Å². The number of carboxylic acids is 1. The van der Waals surface area contributed by atoms with Gasteiger partial charge in [0, 0.05) is 0 Å². The van der Waals surface area contributed by atoms with Gasteiger partial charge in [-0.3, -0.25) is 0 Å². The third kappa shape index (κ3) is 4.72. The van der Waals surface area contributed by atoms with Crippen LogP contribution < -0.4 is 9.47 Å². The molecule has 0 bridgehead atoms. The first-order valence-corrected chi connectivity index (χ1v) is 7.42. The van der Waals surface area contributed by atoms with Crippen LogP contribution in [0.4, 0.5) is 4.39 Å². The number of carboxylic acid groups (broad SMARTS) is 1. The normalized spacial score (nSPS) is 10.9. The molecule has 1 N–H and O–H groups in total. The van der Waals surface area contributed by atoms with Gasteiger partial charge in [0.2, 0.25) is 0 Å². The van der Waals surface area contributed by atoms with E-state index >= 15 is 0 Å². The molecule has 0 saturated heterocycles. The Morgan fingerprint density at radius 3 is 2.76 bits per heavy atom. The first-order valence-electron chi connectivity index (χ1n) is 7.04. The van der Waals surface area contributed by atoms with Crippen molar-refractivity contribution in [2.75, 3.05) is 13.7 Å². The standard InChI is InChI=1S/C18H13ClFNO4/c1-24-16-7-11(6-15(19)18(16)25-10-17(22)23)5-13(9-21)12-3-2-4-14(20)8-12/h2-8H,10H2,1H3,(H,22,23)/b13-5-. The molecular formula is C18H13ClFNO4. The molecule has 5 nitrogen and oxygen atoms in total. The molecule has 0 aliphatic heterocycles. The molecule has 0 aliphatic carbocycles. The lowest BCUT2D eigenvalue weighted by molar-refractivity contribution is -0.139. The van der Waals surface area contributed by atoms with Gasteiger partial charge in [-0.15, -0.1) is 0 Å². The molecule has 128 valence electrons. The van der Waals surface area contributed by atoms with Gasteiger partial charge in [-0.05, 0) is 41.5 Å². The molecule has 0 atom stereocenters. The maximum Gasteiger partial charge on any atom is 0.341 e. The summed E-state index contributed by atoms with van der Waals surface area (Å²) in [5.41, 5.74) is 1.17. The Kier molecular flexibility index (Phi) is 5.98. The Balaban J connectivity index is 2.43. The topological polar surface area (TPSA) is 79.5 Å². The average molecular weight is 362 g/mol. The number of hydrogen-bond donors (Lipinski definition) is 1. The van der Waals surface area contributed by atoms with Crippen LogP contribution in [0.1, 0.15) is 11.1 Å². The van der Waals surface area contributed by atoms with Crippen LogP contribution in [0.2, 0.25) is 5.02 Å². The van der Waals surface area contributed by atoms with Crippen molar-refractivity contribution in [2.24, 2.45) is 0 Å². The van der Waals surface area contributed by atoms with Gasteiger partial charge in [0.25, 0.3) is 0 Å². The molecule has 0 amide bonds. The van der Waals surface area contributed by atoms with Gasteiger partial charge < -0.3 is 14.6 Å². The number of allylic oxidation sites excluding steroid dienone is 1. The van der Waals surface area contributed by atoms with E-state index in [2.05, 4.69) is 0 Å². The van der Waals surface area contributed by atoms with Gasteiger partial charge in [-0.25, -0.2) is 9.18 Å². The van der Waals surface area contributed by atoms with E-state index in [1.807, 2.05) is 6.07 Å². The predicted molar refractivity (Wildman–Crippen MR) is 91.0 cm³/mol. The molecule has 2 aromatic rings. The van der Waals surface area contributed by atoms with E-state index in [1.165, 1.54) is 37.5 Å². The summed E-state index contributed by atoms with van der Waals surface area (Å²) in [5, 5.41) is 18.2. The minimum absolute atomic E-state index is 0.0907. The molecule has 0 saturated carbocycles. The summed E-state index contributed by atoms with van der Waals surface area (Å²) in [6.07, 6.45) is 1.52. The number of halogens is 2. The number of ether oxygens (including phenoxy) is 2. The Morgan fingerprint density at radius 2 is 2.16 bits per heavy atom. The maximum atomic E-state index is 13.3. The molecule has 0 fully saturated rings. The highest BCUT2D eigenvalue weighted by Crippen LogP contribution is 2.37. The molecule has 7 heteroatoms. The number of methoxy groups -OCH3 is 1. The first kappa shape index (κ1) is 18.3. The lowest BCUT2D eigenvalue weighted by atomic mass is 10.0. The largest absolute Gasteiger partial charge is 0.493 e. The zero-order chi connectivity index (χ0) is 18.4. The van der Waals surface area contributed by atoms with Gasteiger partial charge in [0.15, 0.2) is 18.1 Å². The van der Waals surface area contributed by atoms with E-state index < -0.39 is 18.4 Å². The van der Waals surface area contributed by atoms with Crippen molar-refractivity contribution >= 4 is 29.2 Å². The van der Waals surface area contributed by atoms with Crippen LogP contribution in [0.15, 0.2) is 36.4 Å². The second kappa shape index (κ2) is 8.18. The third-order valence-corrected chi connectivity index (χ3v) is 3.44. The van der Waals surface area contributed by atoms with Gasteiger partial charge in [0.1, 0.15) is 5.82 Å². The van der Waals surface area contributed by atoms with Crippen LogP contribution in [-0.2, 0) is 4.79 Å². The molecule has 2 aromatic carbocycles. The van der Waals surface area contributed by atoms with Gasteiger partial charge in [-0.1, -0.05) is 23.7 Å². The Morgan fingerprint density at radius 1 is 1.40 bits per heavy atom. The third-order valence-electron chi connectivity index (χ3n) is 3.16. The number of hydrogen-bond acceptors (Lipinski definition) is 4. The predicted octanol–water partition coefficient (Wildman–Crippen LogP) is 4.02. The van der Waals surface area contributed by atoms with Crippen LogP contribution >= 0.6 is 11.6 Å². The fourth-order valence-corrected chi connectivity index (χ4v) is 2.37. The van der Waals surface area contributed by atoms with Crippen molar-refractivity contribution in [1.82, 2.24) is 0 Å². The lowest BCUT2D eigenvalue weighted by Crippen LogP contribution is -2.10. The molecule has 0 aliphatic rings. The SMILES string of the molecule is COc1cc(/C=C(/C#N)c2cccc(F)c2)cc(Cl)c1OCC(=O)O. The molecule has 25 heavy (non-hydrogen) atoms. The zero-order valence-electron chi connectivity index (χ0n) is 13.1.